The number of anilines is 1. The quantitative estimate of drug-likeness (QED) is 0.136. The lowest BCUT2D eigenvalue weighted by atomic mass is 10.2. The highest BCUT2D eigenvalue weighted by Crippen LogP contribution is 2.37. The van der Waals surface area contributed by atoms with Crippen LogP contribution in [0.5, 0.6) is 11.5 Å². The number of nitrogens with zero attached hydrogens (tertiary/aromatic N) is 2. The van der Waals surface area contributed by atoms with Gasteiger partial charge in [-0.1, -0.05) is 65.2 Å². The number of hydrogen-bond donors (Lipinski definition) is 1. The normalized spacial score (nSPS) is 11.4. The van der Waals surface area contributed by atoms with Crippen LogP contribution in [0.3, 0.4) is 0 Å². The van der Waals surface area contributed by atoms with Crippen LogP contribution in [-0.2, 0) is 21.4 Å². The average Bonchev–Trinajstić information content (AvgIpc) is 2.97. The van der Waals surface area contributed by atoms with Gasteiger partial charge < -0.3 is 9.47 Å². The second-order valence-electron chi connectivity index (χ2n) is 9.86. The Hall–Kier alpha value is -3.86. The number of carbonyl (C=O) groups excluding carboxylic acids is 1. The molecular formula is C32H31BrClN3O5S. The Morgan fingerprint density at radius 1 is 0.977 bits per heavy atom. The molecule has 8 nitrogen and oxygen atoms in total. The van der Waals surface area contributed by atoms with Crippen LogP contribution in [0.4, 0.5) is 5.69 Å². The zero-order valence-corrected chi connectivity index (χ0v) is 27.3. The van der Waals surface area contributed by atoms with Gasteiger partial charge in [0, 0.05) is 5.02 Å². The highest BCUT2D eigenvalue weighted by molar-refractivity contribution is 9.10. The standard InChI is InChI=1S/C32H31BrClN3O5S/c1-21-5-10-24(11-6-21)20-42-32-28(33)15-25(16-30(32)41-4)18-35-36-31(38)19-37(29-17-26(34)12-9-23(29)3)43(39,40)27-13-7-22(2)8-14-27/h5-18H,19-20H2,1-4H3,(H,36,38)/b35-18-. The minimum absolute atomic E-state index is 0.0513. The first-order chi connectivity index (χ1) is 20.5. The first kappa shape index (κ1) is 32.1. The molecule has 4 aromatic rings. The molecule has 0 spiro atoms. The predicted octanol–water partition coefficient (Wildman–Crippen LogP) is 6.96. The van der Waals surface area contributed by atoms with Crippen molar-refractivity contribution < 1.29 is 22.7 Å². The molecule has 0 radical (unpaired) electrons. The molecule has 4 aromatic carbocycles. The summed E-state index contributed by atoms with van der Waals surface area (Å²) in [6.07, 6.45) is 1.43. The van der Waals surface area contributed by atoms with Gasteiger partial charge in [0.2, 0.25) is 0 Å². The van der Waals surface area contributed by atoms with Crippen LogP contribution in [0.2, 0.25) is 5.02 Å². The van der Waals surface area contributed by atoms with Crippen LogP contribution in [0.15, 0.2) is 93.3 Å². The van der Waals surface area contributed by atoms with Crippen LogP contribution < -0.4 is 19.2 Å². The summed E-state index contributed by atoms with van der Waals surface area (Å²) in [5.74, 6) is 0.356. The molecule has 0 saturated heterocycles. The Morgan fingerprint density at radius 3 is 2.28 bits per heavy atom. The number of carbonyl (C=O) groups is 1. The van der Waals surface area contributed by atoms with Gasteiger partial charge in [-0.3, -0.25) is 9.10 Å². The van der Waals surface area contributed by atoms with Gasteiger partial charge in [-0.2, -0.15) is 5.10 Å². The number of ether oxygens (including phenoxy) is 2. The topological polar surface area (TPSA) is 97.3 Å². The number of hydrogen-bond acceptors (Lipinski definition) is 6. The van der Waals surface area contributed by atoms with E-state index in [0.717, 1.165) is 15.4 Å². The van der Waals surface area contributed by atoms with Crippen LogP contribution in [0, 0.1) is 20.8 Å². The third kappa shape index (κ3) is 8.16. The van der Waals surface area contributed by atoms with Gasteiger partial charge >= 0.3 is 0 Å². The van der Waals surface area contributed by atoms with Crippen molar-refractivity contribution in [3.63, 3.8) is 0 Å². The lowest BCUT2D eigenvalue weighted by Gasteiger charge is -2.25. The Labute approximate surface area is 265 Å². The molecular weight excluding hydrogens is 654 g/mol. The molecule has 0 unspecified atom stereocenters. The monoisotopic (exact) mass is 683 g/mol. The summed E-state index contributed by atoms with van der Waals surface area (Å²) in [6, 6.07) is 22.8. The average molecular weight is 685 g/mol. The number of halogens is 2. The number of methoxy groups -OCH3 is 1. The van der Waals surface area contributed by atoms with Crippen LogP contribution in [0.25, 0.3) is 0 Å². The molecule has 224 valence electrons. The van der Waals surface area contributed by atoms with Crippen molar-refractivity contribution in [3.05, 3.63) is 116 Å². The number of benzene rings is 4. The number of sulfonamides is 1. The van der Waals surface area contributed by atoms with Crippen LogP contribution >= 0.6 is 27.5 Å². The fourth-order valence-electron chi connectivity index (χ4n) is 4.13. The second-order valence-corrected chi connectivity index (χ2v) is 13.0. The Bertz CT molecular complexity index is 1740. The zero-order valence-electron chi connectivity index (χ0n) is 24.1. The maximum atomic E-state index is 13.7. The molecule has 43 heavy (non-hydrogen) atoms. The molecule has 0 fully saturated rings. The van der Waals surface area contributed by atoms with Gasteiger partial charge in [0.15, 0.2) is 11.5 Å². The molecule has 1 N–H and O–H groups in total. The molecule has 1 amide bonds. The van der Waals surface area contributed by atoms with E-state index in [9.17, 15) is 13.2 Å². The van der Waals surface area contributed by atoms with Gasteiger partial charge in [0.25, 0.3) is 15.9 Å². The Balaban J connectivity index is 1.51. The Morgan fingerprint density at radius 2 is 1.63 bits per heavy atom. The maximum absolute atomic E-state index is 13.7. The van der Waals surface area contributed by atoms with E-state index in [4.69, 9.17) is 21.1 Å². The van der Waals surface area contributed by atoms with Gasteiger partial charge in [-0.05, 0) is 89.8 Å². The van der Waals surface area contributed by atoms with Crippen molar-refractivity contribution in [2.75, 3.05) is 18.0 Å². The number of nitrogens with one attached hydrogen (secondary N) is 1. The Kier molecular flexibility index (Phi) is 10.5. The van der Waals surface area contributed by atoms with E-state index < -0.39 is 22.5 Å². The SMILES string of the molecule is COc1cc(/C=N\NC(=O)CN(c2cc(Cl)ccc2C)S(=O)(=O)c2ccc(C)cc2)cc(Br)c1OCc1ccc(C)cc1. The van der Waals surface area contributed by atoms with E-state index in [2.05, 4.69) is 26.5 Å². The molecule has 0 heterocycles. The van der Waals surface area contributed by atoms with E-state index in [1.165, 1.54) is 37.1 Å². The number of amides is 1. The van der Waals surface area contributed by atoms with Crippen LogP contribution in [-0.4, -0.2) is 34.2 Å². The van der Waals surface area contributed by atoms with Gasteiger partial charge in [-0.25, -0.2) is 13.8 Å². The summed E-state index contributed by atoms with van der Waals surface area (Å²) in [6.45, 7) is 5.47. The van der Waals surface area contributed by atoms with Crippen molar-refractivity contribution in [2.24, 2.45) is 5.10 Å². The minimum Gasteiger partial charge on any atom is -0.493 e. The first-order valence-electron chi connectivity index (χ1n) is 13.2. The maximum Gasteiger partial charge on any atom is 0.264 e. The summed E-state index contributed by atoms with van der Waals surface area (Å²) < 4.78 is 40.5. The van der Waals surface area contributed by atoms with Crippen molar-refractivity contribution >= 4 is 55.4 Å². The third-order valence-electron chi connectivity index (χ3n) is 6.49. The van der Waals surface area contributed by atoms with E-state index >= 15 is 0 Å². The molecule has 4 rings (SSSR count). The lowest BCUT2D eigenvalue weighted by molar-refractivity contribution is -0.119. The largest absolute Gasteiger partial charge is 0.493 e. The molecule has 0 atom stereocenters. The number of aryl methyl sites for hydroxylation is 3. The summed E-state index contributed by atoms with van der Waals surface area (Å²) in [7, 11) is -2.57. The molecule has 0 saturated carbocycles. The predicted molar refractivity (Wildman–Crippen MR) is 174 cm³/mol. The van der Waals surface area contributed by atoms with Crippen molar-refractivity contribution in [1.82, 2.24) is 5.43 Å². The highest BCUT2D eigenvalue weighted by atomic mass is 79.9. The van der Waals surface area contributed by atoms with Gasteiger partial charge in [0.1, 0.15) is 13.2 Å². The minimum atomic E-state index is -4.10. The van der Waals surface area contributed by atoms with Crippen LogP contribution in [0.1, 0.15) is 27.8 Å². The lowest BCUT2D eigenvalue weighted by Crippen LogP contribution is -2.40. The summed E-state index contributed by atoms with van der Waals surface area (Å²) in [5.41, 5.74) is 7.05. The fraction of sp³-hybridized carbons (Fsp3) is 0.188. The van der Waals surface area contributed by atoms with Crippen molar-refractivity contribution in [1.29, 1.82) is 0 Å². The zero-order chi connectivity index (χ0) is 31.1. The van der Waals surface area contributed by atoms with E-state index in [-0.39, 0.29) is 4.90 Å². The van der Waals surface area contributed by atoms with Crippen molar-refractivity contribution in [3.8, 4) is 11.5 Å². The molecule has 11 heteroatoms. The van der Waals surface area contributed by atoms with E-state index in [1.54, 1.807) is 43.3 Å². The second kappa shape index (κ2) is 14.1. The molecule has 0 aromatic heterocycles. The molecule has 0 aliphatic rings. The van der Waals surface area contributed by atoms with Gasteiger partial charge in [0.05, 0.1) is 28.4 Å². The van der Waals surface area contributed by atoms with E-state index in [1.807, 2.05) is 38.1 Å². The molecule has 0 bridgehead atoms. The summed E-state index contributed by atoms with van der Waals surface area (Å²) in [4.78, 5) is 13.1. The number of hydrazone groups is 1. The smallest absolute Gasteiger partial charge is 0.264 e. The van der Waals surface area contributed by atoms with Gasteiger partial charge in [-0.15, -0.1) is 0 Å². The summed E-state index contributed by atoms with van der Waals surface area (Å²) >= 11 is 9.73. The molecule has 0 aliphatic carbocycles. The number of rotatable bonds is 11. The molecule has 0 aliphatic heterocycles. The van der Waals surface area contributed by atoms with E-state index in [0.29, 0.717) is 44.4 Å². The first-order valence-corrected chi connectivity index (χ1v) is 15.8. The fourth-order valence-corrected chi connectivity index (χ4v) is 6.35. The third-order valence-corrected chi connectivity index (χ3v) is 9.09. The highest BCUT2D eigenvalue weighted by Gasteiger charge is 2.28. The van der Waals surface area contributed by atoms with Crippen molar-refractivity contribution in [2.45, 2.75) is 32.3 Å². The summed E-state index contributed by atoms with van der Waals surface area (Å²) in [5, 5.41) is 4.39.